The molecule has 2 N–H and O–H groups in total. The van der Waals surface area contributed by atoms with Crippen LogP contribution in [0.5, 0.6) is 11.5 Å². The minimum atomic E-state index is -0.437. The number of methoxy groups -OCH3 is 2. The van der Waals surface area contributed by atoms with Gasteiger partial charge in [0.15, 0.2) is 0 Å². The third kappa shape index (κ3) is 5.85. The number of ether oxygens (including phenoxy) is 2. The Labute approximate surface area is 158 Å². The zero-order valence-electron chi connectivity index (χ0n) is 15.8. The molecule has 0 saturated heterocycles. The molecule has 0 atom stereocenters. The lowest BCUT2D eigenvalue weighted by molar-refractivity contribution is -0.115. The summed E-state index contributed by atoms with van der Waals surface area (Å²) in [6.45, 7) is 3.64. The van der Waals surface area contributed by atoms with E-state index < -0.39 is 5.91 Å². The molecule has 0 saturated carbocycles. The van der Waals surface area contributed by atoms with E-state index in [0.717, 1.165) is 5.56 Å². The van der Waals surface area contributed by atoms with Gasteiger partial charge < -0.3 is 14.8 Å². The molecule has 2 aromatic carbocycles. The topological polar surface area (TPSA) is 89.0 Å². The fourth-order valence-corrected chi connectivity index (χ4v) is 2.31. The van der Waals surface area contributed by atoms with Gasteiger partial charge in [-0.05, 0) is 38.1 Å². The molecule has 2 rings (SSSR count). The third-order valence-corrected chi connectivity index (χ3v) is 3.75. The highest BCUT2D eigenvalue weighted by Gasteiger charge is 2.13. The van der Waals surface area contributed by atoms with Crippen LogP contribution in [0.3, 0.4) is 0 Å². The Morgan fingerprint density at radius 3 is 2.37 bits per heavy atom. The summed E-state index contributed by atoms with van der Waals surface area (Å²) in [4.78, 5) is 24.4. The van der Waals surface area contributed by atoms with Gasteiger partial charge in [-0.2, -0.15) is 5.10 Å². The number of hydrogen-bond donors (Lipinski definition) is 2. The number of nitrogens with one attached hydrogen (secondary N) is 2. The number of anilines is 1. The van der Waals surface area contributed by atoms with Crippen molar-refractivity contribution in [1.29, 1.82) is 0 Å². The van der Waals surface area contributed by atoms with Gasteiger partial charge in [0.25, 0.3) is 5.91 Å². The van der Waals surface area contributed by atoms with Crippen molar-refractivity contribution < 1.29 is 19.1 Å². The van der Waals surface area contributed by atoms with Crippen LogP contribution < -0.4 is 20.2 Å². The number of hydrogen-bond acceptors (Lipinski definition) is 5. The maximum absolute atomic E-state index is 12.3. The first-order valence-corrected chi connectivity index (χ1v) is 8.35. The number of carbonyl (C=O) groups excluding carboxylic acids is 2. The van der Waals surface area contributed by atoms with Gasteiger partial charge in [0.1, 0.15) is 11.5 Å². The lowest BCUT2D eigenvalue weighted by Gasteiger charge is -2.09. The maximum Gasteiger partial charge on any atom is 0.275 e. The highest BCUT2D eigenvalue weighted by atomic mass is 16.5. The van der Waals surface area contributed by atoms with Gasteiger partial charge in [-0.25, -0.2) is 5.43 Å². The summed E-state index contributed by atoms with van der Waals surface area (Å²) < 4.78 is 10.3. The van der Waals surface area contributed by atoms with Crippen molar-refractivity contribution in [3.05, 3.63) is 53.6 Å². The molecule has 7 heteroatoms. The average Bonchev–Trinajstić information content (AvgIpc) is 2.67. The van der Waals surface area contributed by atoms with Crippen molar-refractivity contribution in [2.75, 3.05) is 19.5 Å². The third-order valence-electron chi connectivity index (χ3n) is 3.75. The fourth-order valence-electron chi connectivity index (χ4n) is 2.31. The van der Waals surface area contributed by atoms with E-state index in [1.165, 1.54) is 14.2 Å². The summed E-state index contributed by atoms with van der Waals surface area (Å²) in [6, 6.07) is 12.3. The normalized spacial score (nSPS) is 10.9. The molecule has 7 nitrogen and oxygen atoms in total. The van der Waals surface area contributed by atoms with Crippen molar-refractivity contribution in [2.24, 2.45) is 5.10 Å². The number of hydrazone groups is 1. The molecule has 0 aliphatic heterocycles. The SMILES string of the molecule is COc1ccc(C(=O)N/N=C(/C)CC(=O)Nc2ccc(C)cc2)c(OC)c1. The minimum Gasteiger partial charge on any atom is -0.497 e. The molecule has 0 bridgehead atoms. The van der Waals surface area contributed by atoms with Gasteiger partial charge in [-0.1, -0.05) is 17.7 Å². The van der Waals surface area contributed by atoms with Crippen LogP contribution in [0.2, 0.25) is 0 Å². The van der Waals surface area contributed by atoms with Crippen molar-refractivity contribution in [3.63, 3.8) is 0 Å². The van der Waals surface area contributed by atoms with E-state index in [2.05, 4.69) is 15.8 Å². The molecule has 0 spiro atoms. The molecule has 0 fully saturated rings. The number of amides is 2. The van der Waals surface area contributed by atoms with Crippen molar-refractivity contribution in [3.8, 4) is 11.5 Å². The van der Waals surface area contributed by atoms with Gasteiger partial charge in [-0.15, -0.1) is 0 Å². The van der Waals surface area contributed by atoms with E-state index in [1.54, 1.807) is 25.1 Å². The molecule has 2 amide bonds. The lowest BCUT2D eigenvalue weighted by atomic mass is 10.2. The van der Waals surface area contributed by atoms with Gasteiger partial charge in [0.05, 0.1) is 26.2 Å². The molecule has 142 valence electrons. The molecule has 0 unspecified atom stereocenters. The zero-order valence-corrected chi connectivity index (χ0v) is 15.8. The Kier molecular flexibility index (Phi) is 6.93. The standard InChI is InChI=1S/C20H23N3O4/c1-13-5-7-15(8-6-13)21-19(24)11-14(2)22-23-20(25)17-10-9-16(26-3)12-18(17)27-4/h5-10,12H,11H2,1-4H3,(H,21,24)(H,23,25)/b22-14-. The molecule has 0 aliphatic carbocycles. The Bertz CT molecular complexity index is 845. The number of carbonyl (C=O) groups is 2. The summed E-state index contributed by atoms with van der Waals surface area (Å²) in [6.07, 6.45) is 0.0634. The number of nitrogens with zero attached hydrogens (tertiary/aromatic N) is 1. The molecular weight excluding hydrogens is 346 g/mol. The smallest absolute Gasteiger partial charge is 0.275 e. The molecular formula is C20H23N3O4. The van der Waals surface area contributed by atoms with Gasteiger partial charge >= 0.3 is 0 Å². The molecule has 0 heterocycles. The summed E-state index contributed by atoms with van der Waals surface area (Å²) in [7, 11) is 3.00. The maximum atomic E-state index is 12.3. The van der Waals surface area contributed by atoms with E-state index in [0.29, 0.717) is 28.5 Å². The summed E-state index contributed by atoms with van der Waals surface area (Å²) >= 11 is 0. The number of aryl methyl sites for hydroxylation is 1. The Hall–Kier alpha value is -3.35. The zero-order chi connectivity index (χ0) is 19.8. The van der Waals surface area contributed by atoms with Crippen LogP contribution in [0.15, 0.2) is 47.6 Å². The van der Waals surface area contributed by atoms with E-state index in [1.807, 2.05) is 31.2 Å². The predicted octanol–water partition coefficient (Wildman–Crippen LogP) is 3.15. The second-order valence-corrected chi connectivity index (χ2v) is 5.95. The Morgan fingerprint density at radius 1 is 1.04 bits per heavy atom. The van der Waals surface area contributed by atoms with E-state index >= 15 is 0 Å². The van der Waals surface area contributed by atoms with Crippen LogP contribution >= 0.6 is 0 Å². The second-order valence-electron chi connectivity index (χ2n) is 5.95. The van der Waals surface area contributed by atoms with Gasteiger partial charge in [0.2, 0.25) is 5.91 Å². The first-order valence-electron chi connectivity index (χ1n) is 8.35. The van der Waals surface area contributed by atoms with Crippen LogP contribution in [-0.4, -0.2) is 31.7 Å². The number of rotatable bonds is 7. The highest BCUT2D eigenvalue weighted by Crippen LogP contribution is 2.24. The van der Waals surface area contributed by atoms with Gasteiger partial charge in [-0.3, -0.25) is 9.59 Å². The van der Waals surface area contributed by atoms with Crippen LogP contribution in [0.4, 0.5) is 5.69 Å². The molecule has 0 radical (unpaired) electrons. The minimum absolute atomic E-state index is 0.0634. The predicted molar refractivity (Wildman–Crippen MR) is 105 cm³/mol. The van der Waals surface area contributed by atoms with Gasteiger partial charge in [0, 0.05) is 17.5 Å². The quantitative estimate of drug-likeness (QED) is 0.580. The monoisotopic (exact) mass is 369 g/mol. The van der Waals surface area contributed by atoms with Crippen molar-refractivity contribution in [2.45, 2.75) is 20.3 Å². The highest BCUT2D eigenvalue weighted by molar-refractivity contribution is 6.06. The first kappa shape index (κ1) is 20.0. The molecule has 2 aromatic rings. The summed E-state index contributed by atoms with van der Waals surface area (Å²) in [5, 5.41) is 6.77. The average molecular weight is 369 g/mol. The van der Waals surface area contributed by atoms with Crippen molar-refractivity contribution >= 4 is 23.2 Å². The molecule has 0 aromatic heterocycles. The van der Waals surface area contributed by atoms with Crippen LogP contribution in [0.1, 0.15) is 29.3 Å². The van der Waals surface area contributed by atoms with Crippen LogP contribution in [-0.2, 0) is 4.79 Å². The van der Waals surface area contributed by atoms with E-state index in [9.17, 15) is 9.59 Å². The lowest BCUT2D eigenvalue weighted by Crippen LogP contribution is -2.22. The summed E-state index contributed by atoms with van der Waals surface area (Å²) in [5.41, 5.74) is 5.05. The van der Waals surface area contributed by atoms with Crippen LogP contribution in [0.25, 0.3) is 0 Å². The number of benzene rings is 2. The first-order chi connectivity index (χ1) is 12.9. The largest absolute Gasteiger partial charge is 0.497 e. The fraction of sp³-hybridized carbons (Fsp3) is 0.250. The Balaban J connectivity index is 1.95. The Morgan fingerprint density at radius 2 is 1.74 bits per heavy atom. The molecule has 0 aliphatic rings. The van der Waals surface area contributed by atoms with E-state index in [4.69, 9.17) is 9.47 Å². The van der Waals surface area contributed by atoms with Crippen LogP contribution in [0, 0.1) is 6.92 Å². The summed E-state index contributed by atoms with van der Waals surface area (Å²) in [5.74, 6) is 0.303. The second kappa shape index (κ2) is 9.38. The molecule has 27 heavy (non-hydrogen) atoms. The van der Waals surface area contributed by atoms with E-state index in [-0.39, 0.29) is 12.3 Å². The van der Waals surface area contributed by atoms with Crippen molar-refractivity contribution in [1.82, 2.24) is 5.43 Å².